The largest absolute Gasteiger partial charge is 0.396 e. The van der Waals surface area contributed by atoms with Crippen molar-refractivity contribution in [3.05, 3.63) is 36.5 Å². The zero-order valence-electron chi connectivity index (χ0n) is 13.6. The highest BCUT2D eigenvalue weighted by Gasteiger charge is 2.13. The number of hydrogen-bond donors (Lipinski definition) is 3. The van der Waals surface area contributed by atoms with Gasteiger partial charge < -0.3 is 15.7 Å². The highest BCUT2D eigenvalue weighted by Crippen LogP contribution is 2.25. The molecule has 2 amide bonds. The van der Waals surface area contributed by atoms with Crippen LogP contribution in [0, 0.1) is 5.92 Å². The Morgan fingerprint density at radius 2 is 2.09 bits per heavy atom. The number of amides is 2. The van der Waals surface area contributed by atoms with Crippen molar-refractivity contribution in [1.82, 2.24) is 15.1 Å². The van der Waals surface area contributed by atoms with E-state index in [1.165, 1.54) is 0 Å². The van der Waals surface area contributed by atoms with Crippen molar-refractivity contribution in [2.24, 2.45) is 13.0 Å². The van der Waals surface area contributed by atoms with Crippen LogP contribution < -0.4 is 10.6 Å². The summed E-state index contributed by atoms with van der Waals surface area (Å²) in [5, 5.41) is 19.1. The molecule has 0 aliphatic heterocycles. The number of aromatic nitrogens is 2. The molecule has 1 unspecified atom stereocenters. The average molecular weight is 316 g/mol. The molecule has 0 aliphatic carbocycles. The van der Waals surface area contributed by atoms with Crippen LogP contribution in [0.3, 0.4) is 0 Å². The lowest BCUT2D eigenvalue weighted by Crippen LogP contribution is -2.33. The van der Waals surface area contributed by atoms with E-state index in [2.05, 4.69) is 22.7 Å². The Bertz CT molecular complexity index is 625. The van der Waals surface area contributed by atoms with Crippen LogP contribution in [0.5, 0.6) is 0 Å². The molecule has 1 aromatic heterocycles. The van der Waals surface area contributed by atoms with Gasteiger partial charge in [0, 0.05) is 32.0 Å². The quantitative estimate of drug-likeness (QED) is 0.734. The lowest BCUT2D eigenvalue weighted by molar-refractivity contribution is 0.238. The second-order valence-corrected chi connectivity index (χ2v) is 5.55. The predicted molar refractivity (Wildman–Crippen MR) is 91.1 cm³/mol. The van der Waals surface area contributed by atoms with Gasteiger partial charge in [-0.1, -0.05) is 43.7 Å². The van der Waals surface area contributed by atoms with Gasteiger partial charge >= 0.3 is 6.03 Å². The summed E-state index contributed by atoms with van der Waals surface area (Å²) in [6.45, 7) is 2.74. The number of aliphatic hydroxyl groups is 1. The fraction of sp³-hybridized carbons (Fsp3) is 0.412. The highest BCUT2D eigenvalue weighted by atomic mass is 16.3. The first-order chi connectivity index (χ1) is 11.1. The Labute approximate surface area is 136 Å². The molecule has 23 heavy (non-hydrogen) atoms. The number of urea groups is 1. The standard InChI is InChI=1S/C17H24N4O2/c1-3-13(9-10-22)11-18-17(23)19-15-12-21(2)20-16(15)14-7-5-4-6-8-14/h4-8,12-13,22H,3,9-11H2,1-2H3,(H2,18,19,23). The van der Waals surface area contributed by atoms with Crippen LogP contribution in [0.2, 0.25) is 0 Å². The summed E-state index contributed by atoms with van der Waals surface area (Å²) in [7, 11) is 1.82. The van der Waals surface area contributed by atoms with Crippen molar-refractivity contribution in [1.29, 1.82) is 0 Å². The number of hydrogen-bond acceptors (Lipinski definition) is 3. The summed E-state index contributed by atoms with van der Waals surface area (Å²) in [6, 6.07) is 9.48. The normalized spacial score (nSPS) is 12.0. The third kappa shape index (κ3) is 4.82. The van der Waals surface area contributed by atoms with Crippen LogP contribution in [0.25, 0.3) is 11.3 Å². The molecule has 1 heterocycles. The molecule has 2 rings (SSSR count). The number of aliphatic hydroxyl groups excluding tert-OH is 1. The molecule has 0 saturated carbocycles. The zero-order chi connectivity index (χ0) is 16.7. The van der Waals surface area contributed by atoms with E-state index in [1.54, 1.807) is 10.9 Å². The van der Waals surface area contributed by atoms with E-state index in [9.17, 15) is 4.79 Å². The molecular formula is C17H24N4O2. The van der Waals surface area contributed by atoms with Gasteiger partial charge in [0.15, 0.2) is 0 Å². The maximum absolute atomic E-state index is 12.1. The minimum absolute atomic E-state index is 0.141. The highest BCUT2D eigenvalue weighted by molar-refractivity contribution is 5.93. The molecule has 0 spiro atoms. The van der Waals surface area contributed by atoms with Crippen molar-refractivity contribution in [2.45, 2.75) is 19.8 Å². The minimum Gasteiger partial charge on any atom is -0.396 e. The monoisotopic (exact) mass is 316 g/mol. The number of rotatable bonds is 7. The Morgan fingerprint density at radius 3 is 2.74 bits per heavy atom. The van der Waals surface area contributed by atoms with E-state index < -0.39 is 0 Å². The topological polar surface area (TPSA) is 79.2 Å². The summed E-state index contributed by atoms with van der Waals surface area (Å²) in [4.78, 5) is 12.1. The molecule has 6 nitrogen and oxygen atoms in total. The van der Waals surface area contributed by atoms with Crippen molar-refractivity contribution >= 4 is 11.7 Å². The number of carbonyl (C=O) groups is 1. The van der Waals surface area contributed by atoms with E-state index in [4.69, 9.17) is 5.11 Å². The Kier molecular flexibility index (Phi) is 6.17. The van der Waals surface area contributed by atoms with Crippen LogP contribution in [0.15, 0.2) is 36.5 Å². The molecule has 6 heteroatoms. The molecule has 124 valence electrons. The van der Waals surface area contributed by atoms with Gasteiger partial charge in [0.1, 0.15) is 5.69 Å². The fourth-order valence-electron chi connectivity index (χ4n) is 2.43. The smallest absolute Gasteiger partial charge is 0.319 e. The summed E-state index contributed by atoms with van der Waals surface area (Å²) in [5.74, 6) is 0.285. The molecule has 0 saturated heterocycles. The lowest BCUT2D eigenvalue weighted by atomic mass is 10.0. The third-order valence-electron chi connectivity index (χ3n) is 3.79. The van der Waals surface area contributed by atoms with Crippen molar-refractivity contribution in [3.8, 4) is 11.3 Å². The molecule has 0 bridgehead atoms. The summed E-state index contributed by atoms with van der Waals surface area (Å²) < 4.78 is 1.68. The van der Waals surface area contributed by atoms with Gasteiger partial charge in [0.2, 0.25) is 0 Å². The average Bonchev–Trinajstić information content (AvgIpc) is 2.92. The van der Waals surface area contributed by atoms with E-state index in [-0.39, 0.29) is 18.6 Å². The summed E-state index contributed by atoms with van der Waals surface area (Å²) in [6.07, 6.45) is 3.40. The minimum atomic E-state index is -0.258. The maximum atomic E-state index is 12.1. The summed E-state index contributed by atoms with van der Waals surface area (Å²) >= 11 is 0. The van der Waals surface area contributed by atoms with E-state index in [1.807, 2.05) is 37.4 Å². The first-order valence-electron chi connectivity index (χ1n) is 7.88. The number of anilines is 1. The molecular weight excluding hydrogens is 292 g/mol. The first-order valence-corrected chi connectivity index (χ1v) is 7.88. The molecule has 0 aliphatic rings. The third-order valence-corrected chi connectivity index (χ3v) is 3.79. The molecule has 2 aromatic rings. The number of benzene rings is 1. The van der Waals surface area contributed by atoms with Gasteiger partial charge in [-0.3, -0.25) is 4.68 Å². The van der Waals surface area contributed by atoms with Gasteiger partial charge in [-0.15, -0.1) is 0 Å². The Balaban J connectivity index is 2.01. The van der Waals surface area contributed by atoms with Crippen molar-refractivity contribution in [3.63, 3.8) is 0 Å². The second kappa shape index (κ2) is 8.33. The van der Waals surface area contributed by atoms with Crippen LogP contribution in [0.4, 0.5) is 10.5 Å². The maximum Gasteiger partial charge on any atom is 0.319 e. The zero-order valence-corrected chi connectivity index (χ0v) is 13.6. The van der Waals surface area contributed by atoms with Crippen molar-refractivity contribution < 1.29 is 9.90 Å². The van der Waals surface area contributed by atoms with E-state index in [0.717, 1.165) is 17.7 Å². The lowest BCUT2D eigenvalue weighted by Gasteiger charge is -2.14. The first kappa shape index (κ1) is 17.0. The molecule has 0 radical (unpaired) electrons. The summed E-state index contributed by atoms with van der Waals surface area (Å²) in [5.41, 5.74) is 2.37. The Hall–Kier alpha value is -2.34. The van der Waals surface area contributed by atoms with Gasteiger partial charge in [0.05, 0.1) is 5.69 Å². The molecule has 1 atom stereocenters. The number of aryl methyl sites for hydroxylation is 1. The van der Waals surface area contributed by atoms with Crippen LogP contribution in [-0.2, 0) is 7.05 Å². The van der Waals surface area contributed by atoms with Gasteiger partial charge in [-0.25, -0.2) is 4.79 Å². The van der Waals surface area contributed by atoms with Crippen LogP contribution in [0.1, 0.15) is 19.8 Å². The molecule has 1 aromatic carbocycles. The van der Waals surface area contributed by atoms with Crippen LogP contribution in [-0.4, -0.2) is 34.1 Å². The van der Waals surface area contributed by atoms with Crippen LogP contribution >= 0.6 is 0 Å². The fourth-order valence-corrected chi connectivity index (χ4v) is 2.43. The van der Waals surface area contributed by atoms with Gasteiger partial charge in [-0.05, 0) is 12.3 Å². The Morgan fingerprint density at radius 1 is 1.35 bits per heavy atom. The molecule has 3 N–H and O–H groups in total. The van der Waals surface area contributed by atoms with E-state index in [0.29, 0.717) is 18.7 Å². The second-order valence-electron chi connectivity index (χ2n) is 5.55. The molecule has 0 fully saturated rings. The van der Waals surface area contributed by atoms with Gasteiger partial charge in [-0.2, -0.15) is 5.10 Å². The number of carbonyl (C=O) groups excluding carboxylic acids is 1. The van der Waals surface area contributed by atoms with E-state index >= 15 is 0 Å². The number of nitrogens with one attached hydrogen (secondary N) is 2. The number of nitrogens with zero attached hydrogens (tertiary/aromatic N) is 2. The van der Waals surface area contributed by atoms with Gasteiger partial charge in [0.25, 0.3) is 0 Å². The SMILES string of the molecule is CCC(CCO)CNC(=O)Nc1cn(C)nc1-c1ccccc1. The predicted octanol–water partition coefficient (Wildman–Crippen LogP) is 2.62. The van der Waals surface area contributed by atoms with Crippen molar-refractivity contribution in [2.75, 3.05) is 18.5 Å².